The van der Waals surface area contributed by atoms with Crippen molar-refractivity contribution in [1.29, 1.82) is 0 Å². The fourth-order valence-corrected chi connectivity index (χ4v) is 2.80. The number of nitrogens with two attached hydrogens (primary N) is 1. The zero-order valence-corrected chi connectivity index (χ0v) is 11.0. The van der Waals surface area contributed by atoms with Crippen LogP contribution in [0.25, 0.3) is 0 Å². The SMILES string of the molecule is CCc1cc(C2(CN)CN(C)C2)ccc1OC. The Kier molecular flexibility index (Phi) is 3.40. The molecule has 1 heterocycles. The number of rotatable bonds is 4. The Labute approximate surface area is 104 Å². The molecule has 0 aromatic heterocycles. The third-order valence-corrected chi connectivity index (χ3v) is 3.81. The first-order chi connectivity index (χ1) is 8.15. The molecule has 3 nitrogen and oxygen atoms in total. The molecule has 17 heavy (non-hydrogen) atoms. The quantitative estimate of drug-likeness (QED) is 0.856. The second kappa shape index (κ2) is 4.67. The van der Waals surface area contributed by atoms with Crippen LogP contribution in [0.4, 0.5) is 0 Å². The molecule has 0 radical (unpaired) electrons. The molecule has 2 N–H and O–H groups in total. The molecule has 1 aliphatic rings. The molecule has 0 saturated carbocycles. The molecule has 0 bridgehead atoms. The fraction of sp³-hybridized carbons (Fsp3) is 0.571. The second-order valence-electron chi connectivity index (χ2n) is 5.04. The Bertz CT molecular complexity index is 397. The highest BCUT2D eigenvalue weighted by atomic mass is 16.5. The summed E-state index contributed by atoms with van der Waals surface area (Å²) in [4.78, 5) is 2.31. The summed E-state index contributed by atoms with van der Waals surface area (Å²) < 4.78 is 5.37. The van der Waals surface area contributed by atoms with Gasteiger partial charge in [0.15, 0.2) is 0 Å². The summed E-state index contributed by atoms with van der Waals surface area (Å²) in [5.74, 6) is 0.982. The summed E-state index contributed by atoms with van der Waals surface area (Å²) in [5.41, 5.74) is 8.75. The minimum Gasteiger partial charge on any atom is -0.496 e. The van der Waals surface area contributed by atoms with Gasteiger partial charge in [-0.2, -0.15) is 0 Å². The van der Waals surface area contributed by atoms with Gasteiger partial charge in [-0.3, -0.25) is 0 Å². The molecule has 0 atom stereocenters. The van der Waals surface area contributed by atoms with E-state index in [-0.39, 0.29) is 5.41 Å². The minimum absolute atomic E-state index is 0.158. The Morgan fingerprint density at radius 1 is 1.41 bits per heavy atom. The summed E-state index contributed by atoms with van der Waals surface area (Å²) in [7, 11) is 3.86. The van der Waals surface area contributed by atoms with Gasteiger partial charge in [-0.1, -0.05) is 19.1 Å². The van der Waals surface area contributed by atoms with Crippen LogP contribution in [-0.4, -0.2) is 38.7 Å². The highest BCUT2D eigenvalue weighted by Crippen LogP contribution is 2.35. The molecule has 2 rings (SSSR count). The third kappa shape index (κ3) is 2.05. The molecule has 1 saturated heterocycles. The molecule has 0 spiro atoms. The van der Waals surface area contributed by atoms with E-state index in [1.54, 1.807) is 7.11 Å². The van der Waals surface area contributed by atoms with Crippen LogP contribution in [0.5, 0.6) is 5.75 Å². The number of likely N-dealkylation sites (tertiary alicyclic amines) is 1. The van der Waals surface area contributed by atoms with Gasteiger partial charge in [-0.05, 0) is 30.7 Å². The summed E-state index contributed by atoms with van der Waals surface area (Å²) in [6.45, 7) is 4.98. The lowest BCUT2D eigenvalue weighted by atomic mass is 9.73. The molecular weight excluding hydrogens is 212 g/mol. The summed E-state index contributed by atoms with van der Waals surface area (Å²) in [5, 5.41) is 0. The maximum absolute atomic E-state index is 5.97. The van der Waals surface area contributed by atoms with Crippen LogP contribution in [0.3, 0.4) is 0 Å². The minimum atomic E-state index is 0.158. The van der Waals surface area contributed by atoms with Gasteiger partial charge in [0, 0.05) is 25.0 Å². The first-order valence-electron chi connectivity index (χ1n) is 6.21. The van der Waals surface area contributed by atoms with E-state index in [1.807, 2.05) is 0 Å². The van der Waals surface area contributed by atoms with Crippen LogP contribution in [0.2, 0.25) is 0 Å². The zero-order valence-electron chi connectivity index (χ0n) is 11.0. The molecule has 1 aromatic rings. The Morgan fingerprint density at radius 2 is 2.12 bits per heavy atom. The molecule has 1 fully saturated rings. The van der Waals surface area contributed by atoms with Crippen molar-refractivity contribution in [1.82, 2.24) is 4.90 Å². The topological polar surface area (TPSA) is 38.5 Å². The number of aryl methyl sites for hydroxylation is 1. The molecule has 94 valence electrons. The number of nitrogens with zero attached hydrogens (tertiary/aromatic N) is 1. The van der Waals surface area contributed by atoms with Crippen molar-refractivity contribution in [2.45, 2.75) is 18.8 Å². The maximum atomic E-state index is 5.97. The summed E-state index contributed by atoms with van der Waals surface area (Å²) >= 11 is 0. The van der Waals surface area contributed by atoms with Gasteiger partial charge in [-0.25, -0.2) is 0 Å². The average molecular weight is 234 g/mol. The van der Waals surface area contributed by atoms with E-state index >= 15 is 0 Å². The monoisotopic (exact) mass is 234 g/mol. The van der Waals surface area contributed by atoms with Crippen LogP contribution in [0, 0.1) is 0 Å². The van der Waals surface area contributed by atoms with Gasteiger partial charge in [-0.15, -0.1) is 0 Å². The molecule has 3 heteroatoms. The lowest BCUT2D eigenvalue weighted by Crippen LogP contribution is -2.61. The predicted molar refractivity (Wildman–Crippen MR) is 70.6 cm³/mol. The van der Waals surface area contributed by atoms with Crippen LogP contribution in [0.1, 0.15) is 18.1 Å². The number of ether oxygens (including phenoxy) is 1. The Balaban J connectivity index is 2.33. The van der Waals surface area contributed by atoms with Crippen LogP contribution in [0.15, 0.2) is 18.2 Å². The molecule has 1 aliphatic heterocycles. The predicted octanol–water partition coefficient (Wildman–Crippen LogP) is 1.40. The highest BCUT2D eigenvalue weighted by Gasteiger charge is 2.41. The first kappa shape index (κ1) is 12.4. The number of methoxy groups -OCH3 is 1. The van der Waals surface area contributed by atoms with Gasteiger partial charge < -0.3 is 15.4 Å². The van der Waals surface area contributed by atoms with Crippen molar-refractivity contribution >= 4 is 0 Å². The number of hydrogen-bond donors (Lipinski definition) is 1. The normalized spacial score (nSPS) is 18.8. The van der Waals surface area contributed by atoms with E-state index in [1.165, 1.54) is 11.1 Å². The van der Waals surface area contributed by atoms with Gasteiger partial charge in [0.1, 0.15) is 5.75 Å². The van der Waals surface area contributed by atoms with Crippen molar-refractivity contribution in [3.05, 3.63) is 29.3 Å². The maximum Gasteiger partial charge on any atom is 0.122 e. The lowest BCUT2D eigenvalue weighted by Gasteiger charge is -2.48. The van der Waals surface area contributed by atoms with E-state index in [9.17, 15) is 0 Å². The molecular formula is C14H22N2O. The lowest BCUT2D eigenvalue weighted by molar-refractivity contribution is 0.1000. The summed E-state index contributed by atoms with van der Waals surface area (Å²) in [6, 6.07) is 6.50. The van der Waals surface area contributed by atoms with Crippen LogP contribution >= 0.6 is 0 Å². The van der Waals surface area contributed by atoms with E-state index in [0.29, 0.717) is 6.54 Å². The van der Waals surface area contributed by atoms with Crippen molar-refractivity contribution in [3.63, 3.8) is 0 Å². The zero-order chi connectivity index (χ0) is 12.5. The van der Waals surface area contributed by atoms with Gasteiger partial charge >= 0.3 is 0 Å². The van der Waals surface area contributed by atoms with Crippen molar-refractivity contribution < 1.29 is 4.74 Å². The van der Waals surface area contributed by atoms with Crippen LogP contribution < -0.4 is 10.5 Å². The largest absolute Gasteiger partial charge is 0.496 e. The molecule has 0 amide bonds. The summed E-state index contributed by atoms with van der Waals surface area (Å²) in [6.07, 6.45) is 0.994. The van der Waals surface area contributed by atoms with Gasteiger partial charge in [0.05, 0.1) is 7.11 Å². The Hall–Kier alpha value is -1.06. The second-order valence-corrected chi connectivity index (χ2v) is 5.04. The molecule has 0 unspecified atom stereocenters. The average Bonchev–Trinajstić information content (AvgIpc) is 2.33. The van der Waals surface area contributed by atoms with Gasteiger partial charge in [0.2, 0.25) is 0 Å². The third-order valence-electron chi connectivity index (χ3n) is 3.81. The van der Waals surface area contributed by atoms with E-state index in [2.05, 4.69) is 37.1 Å². The van der Waals surface area contributed by atoms with Crippen molar-refractivity contribution in [2.75, 3.05) is 33.8 Å². The van der Waals surface area contributed by atoms with E-state index in [4.69, 9.17) is 10.5 Å². The van der Waals surface area contributed by atoms with Crippen LogP contribution in [-0.2, 0) is 11.8 Å². The number of hydrogen-bond acceptors (Lipinski definition) is 3. The Morgan fingerprint density at radius 3 is 2.59 bits per heavy atom. The van der Waals surface area contributed by atoms with Gasteiger partial charge in [0.25, 0.3) is 0 Å². The van der Waals surface area contributed by atoms with E-state index < -0.39 is 0 Å². The standard InChI is InChI=1S/C14H22N2O/c1-4-11-7-12(5-6-13(11)17-3)14(8-15)9-16(2)10-14/h5-7H,4,8-10,15H2,1-3H3. The highest BCUT2D eigenvalue weighted by molar-refractivity contribution is 5.42. The first-order valence-corrected chi connectivity index (χ1v) is 6.21. The van der Waals surface area contributed by atoms with Crippen molar-refractivity contribution in [2.24, 2.45) is 5.73 Å². The number of likely N-dealkylation sites (N-methyl/N-ethyl adjacent to an activating group) is 1. The van der Waals surface area contributed by atoms with Crippen molar-refractivity contribution in [3.8, 4) is 5.75 Å². The smallest absolute Gasteiger partial charge is 0.122 e. The molecule has 0 aliphatic carbocycles. The fourth-order valence-electron chi connectivity index (χ4n) is 2.80. The molecule has 1 aromatic carbocycles. The number of benzene rings is 1. The van der Waals surface area contributed by atoms with E-state index in [0.717, 1.165) is 25.3 Å².